The van der Waals surface area contributed by atoms with Crippen LogP contribution in [0.2, 0.25) is 0 Å². The van der Waals surface area contributed by atoms with Crippen LogP contribution in [-0.2, 0) is 0 Å². The fourth-order valence-electron chi connectivity index (χ4n) is 2.52. The predicted octanol–water partition coefficient (Wildman–Crippen LogP) is 3.66. The van der Waals surface area contributed by atoms with Crippen LogP contribution in [-0.4, -0.2) is 10.1 Å². The van der Waals surface area contributed by atoms with Gasteiger partial charge < -0.3 is 10.1 Å². The Morgan fingerprint density at radius 3 is 2.62 bits per heavy atom. The predicted molar refractivity (Wildman–Crippen MR) is 81.1 cm³/mol. The number of halogens is 1. The lowest BCUT2D eigenvalue weighted by Crippen LogP contribution is -2.03. The molecule has 0 saturated heterocycles. The molecule has 0 saturated carbocycles. The Kier molecular flexibility index (Phi) is 3.01. The first-order valence-corrected chi connectivity index (χ1v) is 6.60. The minimum absolute atomic E-state index is 0.0820. The molecule has 3 aromatic rings. The number of H-pyrrole nitrogens is 1. The lowest BCUT2D eigenvalue weighted by molar-refractivity contribution is 0.465. The summed E-state index contributed by atoms with van der Waals surface area (Å²) < 4.78 is 13.5. The minimum Gasteiger partial charge on any atom is -0.507 e. The maximum Gasteiger partial charge on any atom is 0.189 e. The molecule has 0 amide bonds. The molecule has 2 N–H and O–H groups in total. The summed E-state index contributed by atoms with van der Waals surface area (Å²) in [6, 6.07) is 9.64. The van der Waals surface area contributed by atoms with Crippen LogP contribution in [0.4, 0.5) is 4.39 Å². The monoisotopic (exact) mass is 283 g/mol. The van der Waals surface area contributed by atoms with Crippen LogP contribution in [0.1, 0.15) is 11.3 Å². The van der Waals surface area contributed by atoms with Crippen molar-refractivity contribution < 1.29 is 9.50 Å². The number of nitrogens with one attached hydrogen (secondary N) is 1. The molecule has 4 heteroatoms. The van der Waals surface area contributed by atoms with E-state index < -0.39 is 5.82 Å². The fraction of sp³-hybridized carbons (Fsp3) is 0.118. The van der Waals surface area contributed by atoms with Gasteiger partial charge in [-0.3, -0.25) is 4.79 Å². The van der Waals surface area contributed by atoms with Crippen molar-refractivity contribution in [3.8, 4) is 16.9 Å². The van der Waals surface area contributed by atoms with E-state index in [0.29, 0.717) is 22.0 Å². The number of para-hydroxylation sites is 1. The van der Waals surface area contributed by atoms with E-state index in [4.69, 9.17) is 0 Å². The van der Waals surface area contributed by atoms with Crippen LogP contribution < -0.4 is 5.43 Å². The molecule has 2 aromatic carbocycles. The third-order valence-electron chi connectivity index (χ3n) is 3.65. The second kappa shape index (κ2) is 4.74. The zero-order chi connectivity index (χ0) is 15.1. The standard InChI is InChI=1S/C17H14FNO2/c1-9-8-15(20)13-5-3-4-11(16(13)19-9)12-6-7-14(18)10(2)17(12)21/h3-8,21H,1-2H3,(H,19,20). The van der Waals surface area contributed by atoms with Crippen LogP contribution in [0.15, 0.2) is 41.2 Å². The summed E-state index contributed by atoms with van der Waals surface area (Å²) in [6.45, 7) is 3.32. The van der Waals surface area contributed by atoms with Crippen molar-refractivity contribution in [2.45, 2.75) is 13.8 Å². The average molecular weight is 283 g/mol. The molecule has 0 atom stereocenters. The maximum atomic E-state index is 13.5. The Labute approximate surface area is 120 Å². The normalized spacial score (nSPS) is 11.0. The first-order chi connectivity index (χ1) is 9.99. The molecule has 0 aliphatic rings. The van der Waals surface area contributed by atoms with Gasteiger partial charge in [0.25, 0.3) is 0 Å². The topological polar surface area (TPSA) is 53.1 Å². The van der Waals surface area contributed by atoms with E-state index in [1.165, 1.54) is 25.1 Å². The van der Waals surface area contributed by atoms with Gasteiger partial charge in [-0.2, -0.15) is 0 Å². The van der Waals surface area contributed by atoms with Crippen LogP contribution in [0, 0.1) is 19.7 Å². The van der Waals surface area contributed by atoms with Crippen molar-refractivity contribution in [1.29, 1.82) is 0 Å². The van der Waals surface area contributed by atoms with E-state index in [2.05, 4.69) is 4.98 Å². The molecule has 0 bridgehead atoms. The van der Waals surface area contributed by atoms with Gasteiger partial charge in [-0.15, -0.1) is 0 Å². The summed E-state index contributed by atoms with van der Waals surface area (Å²) in [5.41, 5.74) is 2.66. The summed E-state index contributed by atoms with van der Waals surface area (Å²) in [5, 5.41) is 10.7. The summed E-state index contributed by atoms with van der Waals surface area (Å²) in [6.07, 6.45) is 0. The highest BCUT2D eigenvalue weighted by molar-refractivity contribution is 5.95. The van der Waals surface area contributed by atoms with Gasteiger partial charge >= 0.3 is 0 Å². The van der Waals surface area contributed by atoms with Crippen molar-refractivity contribution in [3.63, 3.8) is 0 Å². The third-order valence-corrected chi connectivity index (χ3v) is 3.65. The smallest absolute Gasteiger partial charge is 0.189 e. The second-order valence-corrected chi connectivity index (χ2v) is 5.11. The fourth-order valence-corrected chi connectivity index (χ4v) is 2.52. The maximum absolute atomic E-state index is 13.5. The molecule has 0 aliphatic carbocycles. The van der Waals surface area contributed by atoms with Gasteiger partial charge in [0.1, 0.15) is 11.6 Å². The first kappa shape index (κ1) is 13.4. The molecule has 1 aromatic heterocycles. The number of hydrogen-bond acceptors (Lipinski definition) is 2. The molecule has 0 radical (unpaired) electrons. The van der Waals surface area contributed by atoms with E-state index in [1.807, 2.05) is 0 Å². The molecule has 0 spiro atoms. The molecule has 1 heterocycles. The highest BCUT2D eigenvalue weighted by Crippen LogP contribution is 2.35. The lowest BCUT2D eigenvalue weighted by atomic mass is 9.98. The van der Waals surface area contributed by atoms with Crippen molar-refractivity contribution in [2.24, 2.45) is 0 Å². The lowest BCUT2D eigenvalue weighted by Gasteiger charge is -2.11. The number of aromatic amines is 1. The van der Waals surface area contributed by atoms with Gasteiger partial charge in [-0.05, 0) is 32.0 Å². The zero-order valence-corrected chi connectivity index (χ0v) is 11.7. The number of hydrogen-bond donors (Lipinski definition) is 2. The van der Waals surface area contributed by atoms with Crippen LogP contribution in [0.5, 0.6) is 5.75 Å². The Bertz CT molecular complexity index is 913. The van der Waals surface area contributed by atoms with Crippen LogP contribution in [0.3, 0.4) is 0 Å². The van der Waals surface area contributed by atoms with E-state index >= 15 is 0 Å². The number of rotatable bonds is 1. The van der Waals surface area contributed by atoms with E-state index in [-0.39, 0.29) is 16.7 Å². The summed E-state index contributed by atoms with van der Waals surface area (Å²) >= 11 is 0. The second-order valence-electron chi connectivity index (χ2n) is 5.11. The Balaban J connectivity index is 2.41. The Morgan fingerprint density at radius 1 is 1.10 bits per heavy atom. The summed E-state index contributed by atoms with van der Waals surface area (Å²) in [4.78, 5) is 15.2. The quantitative estimate of drug-likeness (QED) is 0.716. The Morgan fingerprint density at radius 2 is 1.86 bits per heavy atom. The number of aryl methyl sites for hydroxylation is 1. The third kappa shape index (κ3) is 2.09. The molecule has 0 fully saturated rings. The highest BCUT2D eigenvalue weighted by Gasteiger charge is 2.14. The van der Waals surface area contributed by atoms with E-state index in [0.717, 1.165) is 5.69 Å². The van der Waals surface area contributed by atoms with Gasteiger partial charge in [0, 0.05) is 33.8 Å². The minimum atomic E-state index is -0.457. The zero-order valence-electron chi connectivity index (χ0n) is 11.7. The molecular formula is C17H14FNO2. The molecule has 0 unspecified atom stereocenters. The number of phenols is 1. The number of benzene rings is 2. The number of pyridine rings is 1. The van der Waals surface area contributed by atoms with E-state index in [9.17, 15) is 14.3 Å². The molecular weight excluding hydrogens is 269 g/mol. The number of phenolic OH excluding ortho intramolecular Hbond substituents is 1. The van der Waals surface area contributed by atoms with Gasteiger partial charge in [-0.1, -0.05) is 12.1 Å². The Hall–Kier alpha value is -2.62. The molecule has 0 aliphatic heterocycles. The van der Waals surface area contributed by atoms with Crippen LogP contribution >= 0.6 is 0 Å². The van der Waals surface area contributed by atoms with Crippen molar-refractivity contribution in [1.82, 2.24) is 4.98 Å². The molecule has 3 rings (SSSR count). The number of aromatic hydroxyl groups is 1. The van der Waals surface area contributed by atoms with Gasteiger partial charge in [0.15, 0.2) is 5.43 Å². The van der Waals surface area contributed by atoms with Gasteiger partial charge in [0.05, 0.1) is 5.52 Å². The first-order valence-electron chi connectivity index (χ1n) is 6.60. The molecule has 106 valence electrons. The van der Waals surface area contributed by atoms with Crippen LogP contribution in [0.25, 0.3) is 22.0 Å². The van der Waals surface area contributed by atoms with Crippen molar-refractivity contribution >= 4 is 10.9 Å². The largest absolute Gasteiger partial charge is 0.507 e. The highest BCUT2D eigenvalue weighted by atomic mass is 19.1. The average Bonchev–Trinajstić information content (AvgIpc) is 2.45. The van der Waals surface area contributed by atoms with Crippen molar-refractivity contribution in [2.75, 3.05) is 0 Å². The molecule has 21 heavy (non-hydrogen) atoms. The summed E-state index contributed by atoms with van der Waals surface area (Å²) in [7, 11) is 0. The molecule has 3 nitrogen and oxygen atoms in total. The number of aromatic nitrogens is 1. The van der Waals surface area contributed by atoms with Gasteiger partial charge in [-0.25, -0.2) is 4.39 Å². The SMILES string of the molecule is Cc1cc(=O)c2cccc(-c3ccc(F)c(C)c3O)c2[nH]1. The summed E-state index contributed by atoms with van der Waals surface area (Å²) in [5.74, 6) is -0.564. The van der Waals surface area contributed by atoms with Gasteiger partial charge in [0.2, 0.25) is 0 Å². The number of fused-ring (bicyclic) bond motifs is 1. The van der Waals surface area contributed by atoms with E-state index in [1.54, 1.807) is 25.1 Å². The van der Waals surface area contributed by atoms with Crippen molar-refractivity contribution in [3.05, 3.63) is 63.7 Å².